The van der Waals surface area contributed by atoms with Crippen LogP contribution in [0.15, 0.2) is 29.4 Å². The number of hydrogen-bond donors (Lipinski definition) is 2. The predicted octanol–water partition coefficient (Wildman–Crippen LogP) is 1.73. The molecule has 1 aliphatic rings. The summed E-state index contributed by atoms with van der Waals surface area (Å²) in [5.74, 6) is 0. The van der Waals surface area contributed by atoms with E-state index in [9.17, 15) is 4.79 Å². The van der Waals surface area contributed by atoms with Crippen LogP contribution in [0, 0.1) is 0 Å². The molecule has 0 bridgehead atoms. The molecule has 1 aromatic rings. The van der Waals surface area contributed by atoms with Crippen molar-refractivity contribution in [1.82, 2.24) is 5.32 Å². The molecule has 0 aliphatic carbocycles. The van der Waals surface area contributed by atoms with E-state index in [0.29, 0.717) is 18.8 Å². The highest BCUT2D eigenvalue weighted by Crippen LogP contribution is 2.22. The topological polar surface area (TPSA) is 83.4 Å². The van der Waals surface area contributed by atoms with Crippen molar-refractivity contribution in [3.63, 3.8) is 0 Å². The molecular weight excluding hydrogens is 306 g/mol. The second-order valence-electron chi connectivity index (χ2n) is 4.72. The standard InChI is InChI=1S/C14H17N3O4S/c1-9(16-19)10-3-5-11(6-4-10)17-8-12(21-14(17)18)7-15-13(22)20-2/h3-6,12,19H,7-8H2,1-2H3,(H,15,22)/b16-9-/t12-/m0/s1. The van der Waals surface area contributed by atoms with Gasteiger partial charge in [-0.1, -0.05) is 17.3 Å². The lowest BCUT2D eigenvalue weighted by Crippen LogP contribution is -2.34. The molecule has 0 spiro atoms. The van der Waals surface area contributed by atoms with E-state index in [2.05, 4.69) is 10.5 Å². The number of thiocarbonyl (C=S) groups is 1. The molecule has 1 aromatic carbocycles. The van der Waals surface area contributed by atoms with E-state index >= 15 is 0 Å². The van der Waals surface area contributed by atoms with Gasteiger partial charge >= 0.3 is 6.09 Å². The average Bonchev–Trinajstić information content (AvgIpc) is 2.92. The minimum Gasteiger partial charge on any atom is -0.474 e. The molecule has 1 fully saturated rings. The van der Waals surface area contributed by atoms with Crippen LogP contribution in [0.3, 0.4) is 0 Å². The maximum Gasteiger partial charge on any atom is 0.414 e. The monoisotopic (exact) mass is 323 g/mol. The fourth-order valence-corrected chi connectivity index (χ4v) is 2.13. The van der Waals surface area contributed by atoms with Crippen molar-refractivity contribution >= 4 is 34.9 Å². The Morgan fingerprint density at radius 2 is 2.23 bits per heavy atom. The maximum atomic E-state index is 11.9. The van der Waals surface area contributed by atoms with Gasteiger partial charge < -0.3 is 20.0 Å². The Morgan fingerprint density at radius 1 is 1.55 bits per heavy atom. The average molecular weight is 323 g/mol. The summed E-state index contributed by atoms with van der Waals surface area (Å²) in [5, 5.41) is 15.0. The smallest absolute Gasteiger partial charge is 0.414 e. The van der Waals surface area contributed by atoms with E-state index in [4.69, 9.17) is 26.9 Å². The van der Waals surface area contributed by atoms with Gasteiger partial charge in [0.05, 0.1) is 25.9 Å². The first-order chi connectivity index (χ1) is 10.5. The quantitative estimate of drug-likeness (QED) is 0.380. The highest BCUT2D eigenvalue weighted by atomic mass is 32.1. The van der Waals surface area contributed by atoms with Gasteiger partial charge in [0, 0.05) is 5.69 Å². The van der Waals surface area contributed by atoms with Crippen LogP contribution in [-0.2, 0) is 9.47 Å². The Bertz CT molecular complexity index is 588. The summed E-state index contributed by atoms with van der Waals surface area (Å²) >= 11 is 4.87. The third kappa shape index (κ3) is 3.64. The molecule has 1 amide bonds. The fourth-order valence-electron chi connectivity index (χ4n) is 2.05. The Morgan fingerprint density at radius 3 is 2.82 bits per heavy atom. The van der Waals surface area contributed by atoms with Crippen LogP contribution < -0.4 is 10.2 Å². The molecule has 7 nitrogen and oxygen atoms in total. The normalized spacial score (nSPS) is 18.1. The molecule has 1 aliphatic heterocycles. The summed E-state index contributed by atoms with van der Waals surface area (Å²) < 4.78 is 10.1. The van der Waals surface area contributed by atoms with Crippen molar-refractivity contribution in [1.29, 1.82) is 0 Å². The van der Waals surface area contributed by atoms with Gasteiger partial charge in [0.15, 0.2) is 0 Å². The highest BCUT2D eigenvalue weighted by Gasteiger charge is 2.32. The summed E-state index contributed by atoms with van der Waals surface area (Å²) in [6.45, 7) is 2.51. The van der Waals surface area contributed by atoms with Crippen LogP contribution in [0.1, 0.15) is 12.5 Å². The van der Waals surface area contributed by atoms with Gasteiger partial charge in [0.2, 0.25) is 0 Å². The van der Waals surface area contributed by atoms with Crippen molar-refractivity contribution in [2.24, 2.45) is 5.16 Å². The number of nitrogens with zero attached hydrogens (tertiary/aromatic N) is 2. The van der Waals surface area contributed by atoms with Crippen LogP contribution in [0.2, 0.25) is 0 Å². The number of hydrogen-bond acceptors (Lipinski definition) is 6. The molecule has 0 aromatic heterocycles. The van der Waals surface area contributed by atoms with Gasteiger partial charge in [0.25, 0.3) is 5.17 Å². The number of ether oxygens (including phenoxy) is 2. The number of rotatable bonds is 4. The van der Waals surface area contributed by atoms with Crippen LogP contribution >= 0.6 is 12.2 Å². The molecule has 0 radical (unpaired) electrons. The second-order valence-corrected chi connectivity index (χ2v) is 5.09. The molecule has 22 heavy (non-hydrogen) atoms. The van der Waals surface area contributed by atoms with E-state index in [1.807, 2.05) is 0 Å². The molecule has 1 atom stereocenters. The number of anilines is 1. The van der Waals surface area contributed by atoms with Crippen molar-refractivity contribution < 1.29 is 19.5 Å². The molecule has 2 N–H and O–H groups in total. The molecular formula is C14H17N3O4S. The number of benzene rings is 1. The van der Waals surface area contributed by atoms with Gasteiger partial charge in [-0.2, -0.15) is 0 Å². The lowest BCUT2D eigenvalue weighted by Gasteiger charge is -2.13. The molecule has 8 heteroatoms. The molecule has 1 heterocycles. The van der Waals surface area contributed by atoms with Crippen LogP contribution in [-0.4, -0.2) is 48.5 Å². The molecule has 0 unspecified atom stereocenters. The summed E-state index contributed by atoms with van der Waals surface area (Å²) in [6, 6.07) is 7.12. The predicted molar refractivity (Wildman–Crippen MR) is 85.7 cm³/mol. The molecule has 1 saturated heterocycles. The van der Waals surface area contributed by atoms with Crippen LogP contribution in [0.25, 0.3) is 0 Å². The first-order valence-electron chi connectivity index (χ1n) is 6.64. The first-order valence-corrected chi connectivity index (χ1v) is 7.05. The largest absolute Gasteiger partial charge is 0.474 e. The Balaban J connectivity index is 2.00. The van der Waals surface area contributed by atoms with Crippen LogP contribution in [0.4, 0.5) is 10.5 Å². The lowest BCUT2D eigenvalue weighted by molar-refractivity contribution is 0.142. The van der Waals surface area contributed by atoms with E-state index in [0.717, 1.165) is 11.3 Å². The molecule has 0 saturated carbocycles. The zero-order valence-electron chi connectivity index (χ0n) is 12.3. The lowest BCUT2D eigenvalue weighted by atomic mass is 10.1. The summed E-state index contributed by atoms with van der Waals surface area (Å²) in [6.07, 6.45) is -0.712. The van der Waals surface area contributed by atoms with Crippen molar-refractivity contribution in [3.05, 3.63) is 29.8 Å². The van der Waals surface area contributed by atoms with Crippen molar-refractivity contribution in [3.8, 4) is 0 Å². The van der Waals surface area contributed by atoms with E-state index in [1.165, 1.54) is 12.0 Å². The van der Waals surface area contributed by atoms with Gasteiger partial charge in [0.1, 0.15) is 6.10 Å². The number of cyclic esters (lactones) is 1. The van der Waals surface area contributed by atoms with Gasteiger partial charge in [-0.3, -0.25) is 4.90 Å². The van der Waals surface area contributed by atoms with Gasteiger partial charge in [-0.05, 0) is 36.8 Å². The number of carbonyl (C=O) groups excluding carboxylic acids is 1. The highest BCUT2D eigenvalue weighted by molar-refractivity contribution is 7.80. The number of oxime groups is 1. The third-order valence-corrected chi connectivity index (χ3v) is 3.59. The van der Waals surface area contributed by atoms with Gasteiger partial charge in [-0.15, -0.1) is 0 Å². The summed E-state index contributed by atoms with van der Waals surface area (Å²) in [7, 11) is 1.47. The first kappa shape index (κ1) is 16.0. The number of carbonyl (C=O) groups is 1. The number of amides is 1. The van der Waals surface area contributed by atoms with Crippen molar-refractivity contribution in [2.45, 2.75) is 13.0 Å². The summed E-state index contributed by atoms with van der Waals surface area (Å²) in [4.78, 5) is 13.5. The maximum absolute atomic E-state index is 11.9. The Kier molecular flexibility index (Phi) is 5.16. The zero-order valence-corrected chi connectivity index (χ0v) is 13.1. The van der Waals surface area contributed by atoms with Crippen LogP contribution in [0.5, 0.6) is 0 Å². The second kappa shape index (κ2) is 7.08. The van der Waals surface area contributed by atoms with Crippen molar-refractivity contribution in [2.75, 3.05) is 25.1 Å². The SMILES string of the molecule is COC(=S)NC[C@H]1CN(c2ccc(/C(C)=N\O)cc2)C(=O)O1. The van der Waals surface area contributed by atoms with E-state index < -0.39 is 6.09 Å². The Labute approximate surface area is 133 Å². The molecule has 2 rings (SSSR count). The molecule has 118 valence electrons. The summed E-state index contributed by atoms with van der Waals surface area (Å²) in [5.41, 5.74) is 2.00. The number of nitrogens with one attached hydrogen (secondary N) is 1. The minimum atomic E-state index is -0.407. The number of methoxy groups -OCH3 is 1. The Hall–Kier alpha value is -2.35. The van der Waals surface area contributed by atoms with Gasteiger partial charge in [-0.25, -0.2) is 4.79 Å². The fraction of sp³-hybridized carbons (Fsp3) is 0.357. The van der Waals surface area contributed by atoms with E-state index in [-0.39, 0.29) is 11.3 Å². The third-order valence-electron chi connectivity index (χ3n) is 3.28. The zero-order chi connectivity index (χ0) is 16.1. The minimum absolute atomic E-state index is 0.262. The van der Waals surface area contributed by atoms with E-state index in [1.54, 1.807) is 31.2 Å².